The Hall–Kier alpha value is -1.60. The summed E-state index contributed by atoms with van der Waals surface area (Å²) >= 11 is 0. The summed E-state index contributed by atoms with van der Waals surface area (Å²) in [5.74, 6) is 0. The highest BCUT2D eigenvalue weighted by atomic mass is 15.0. The number of benzene rings is 2. The van der Waals surface area contributed by atoms with Gasteiger partial charge in [0, 0.05) is 18.5 Å². The molecule has 0 atom stereocenters. The molecule has 0 unspecified atom stereocenters. The van der Waals surface area contributed by atoms with Gasteiger partial charge < -0.3 is 5.32 Å². The van der Waals surface area contributed by atoms with E-state index in [1.54, 1.807) is 0 Å². The molecule has 1 fully saturated rings. The third-order valence-electron chi connectivity index (χ3n) is 4.62. The molecule has 104 valence electrons. The van der Waals surface area contributed by atoms with E-state index in [4.69, 9.17) is 0 Å². The van der Waals surface area contributed by atoms with Crippen molar-refractivity contribution in [2.45, 2.75) is 32.6 Å². The predicted molar refractivity (Wildman–Crippen MR) is 85.3 cm³/mol. The Morgan fingerprint density at radius 1 is 0.900 bits per heavy atom. The van der Waals surface area contributed by atoms with E-state index < -0.39 is 0 Å². The van der Waals surface area contributed by atoms with Crippen LogP contribution in [0.5, 0.6) is 0 Å². The summed E-state index contributed by atoms with van der Waals surface area (Å²) in [6.45, 7) is 8.73. The molecule has 0 aliphatic carbocycles. The van der Waals surface area contributed by atoms with Crippen molar-refractivity contribution in [3.63, 3.8) is 0 Å². The standard InChI is InChI=1S/C19H23N/c1-14-5-8-18(9-6-14)19(12-20-13-19)11-17-10-15(2)4-7-16(17)3/h4-10,20H,11-13H2,1-3H3. The maximum absolute atomic E-state index is 3.47. The second-order valence-corrected chi connectivity index (χ2v) is 6.36. The first-order valence-electron chi connectivity index (χ1n) is 7.43. The summed E-state index contributed by atoms with van der Waals surface area (Å²) in [7, 11) is 0. The summed E-state index contributed by atoms with van der Waals surface area (Å²) < 4.78 is 0. The van der Waals surface area contributed by atoms with Crippen molar-refractivity contribution < 1.29 is 0 Å². The second-order valence-electron chi connectivity index (χ2n) is 6.36. The van der Waals surface area contributed by atoms with Crippen LogP contribution in [-0.2, 0) is 11.8 Å². The highest BCUT2D eigenvalue weighted by Gasteiger charge is 2.38. The van der Waals surface area contributed by atoms with Gasteiger partial charge in [0.2, 0.25) is 0 Å². The molecule has 0 amide bonds. The van der Waals surface area contributed by atoms with Gasteiger partial charge in [0.1, 0.15) is 0 Å². The number of aryl methyl sites for hydroxylation is 3. The molecule has 0 bridgehead atoms. The number of rotatable bonds is 3. The molecule has 1 saturated heterocycles. The number of hydrogen-bond acceptors (Lipinski definition) is 1. The van der Waals surface area contributed by atoms with E-state index in [9.17, 15) is 0 Å². The van der Waals surface area contributed by atoms with E-state index >= 15 is 0 Å². The zero-order valence-corrected chi connectivity index (χ0v) is 12.7. The van der Waals surface area contributed by atoms with Crippen molar-refractivity contribution in [2.24, 2.45) is 0 Å². The third-order valence-corrected chi connectivity index (χ3v) is 4.62. The molecule has 0 aromatic heterocycles. The van der Waals surface area contributed by atoms with Gasteiger partial charge in [-0.2, -0.15) is 0 Å². The fraction of sp³-hybridized carbons (Fsp3) is 0.368. The van der Waals surface area contributed by atoms with Crippen molar-refractivity contribution in [3.8, 4) is 0 Å². The van der Waals surface area contributed by atoms with E-state index in [-0.39, 0.29) is 5.41 Å². The fourth-order valence-electron chi connectivity index (χ4n) is 3.12. The fourth-order valence-corrected chi connectivity index (χ4v) is 3.12. The lowest BCUT2D eigenvalue weighted by molar-refractivity contribution is 0.274. The molecule has 3 rings (SSSR count). The summed E-state index contributed by atoms with van der Waals surface area (Å²) in [6.07, 6.45) is 1.14. The van der Waals surface area contributed by atoms with E-state index in [0.29, 0.717) is 0 Å². The Morgan fingerprint density at radius 3 is 2.15 bits per heavy atom. The topological polar surface area (TPSA) is 12.0 Å². The first-order valence-corrected chi connectivity index (χ1v) is 7.43. The molecule has 2 aromatic rings. The normalized spacial score (nSPS) is 16.8. The Bertz CT molecular complexity index is 606. The van der Waals surface area contributed by atoms with Gasteiger partial charge in [-0.3, -0.25) is 0 Å². The van der Waals surface area contributed by atoms with E-state index in [1.807, 2.05) is 0 Å². The maximum atomic E-state index is 3.47. The number of nitrogens with one attached hydrogen (secondary N) is 1. The largest absolute Gasteiger partial charge is 0.315 e. The molecule has 1 heteroatoms. The molecule has 2 aromatic carbocycles. The van der Waals surface area contributed by atoms with Crippen LogP contribution in [0.3, 0.4) is 0 Å². The van der Waals surface area contributed by atoms with Gasteiger partial charge in [-0.25, -0.2) is 0 Å². The van der Waals surface area contributed by atoms with Crippen LogP contribution in [0.1, 0.15) is 27.8 Å². The number of hydrogen-bond donors (Lipinski definition) is 1. The van der Waals surface area contributed by atoms with Crippen LogP contribution in [0, 0.1) is 20.8 Å². The summed E-state index contributed by atoms with van der Waals surface area (Å²) in [4.78, 5) is 0. The molecule has 1 nitrogen and oxygen atoms in total. The molecular weight excluding hydrogens is 242 g/mol. The van der Waals surface area contributed by atoms with Crippen LogP contribution in [0.4, 0.5) is 0 Å². The lowest BCUT2D eigenvalue weighted by Crippen LogP contribution is -2.58. The first-order chi connectivity index (χ1) is 9.59. The van der Waals surface area contributed by atoms with Gasteiger partial charge >= 0.3 is 0 Å². The lowest BCUT2D eigenvalue weighted by Gasteiger charge is -2.44. The molecule has 0 spiro atoms. The van der Waals surface area contributed by atoms with Gasteiger partial charge in [0.25, 0.3) is 0 Å². The van der Waals surface area contributed by atoms with E-state index in [2.05, 4.69) is 68.6 Å². The Labute approximate surface area is 122 Å². The lowest BCUT2D eigenvalue weighted by atomic mass is 9.70. The molecule has 0 saturated carbocycles. The Balaban J connectivity index is 1.93. The smallest absolute Gasteiger partial charge is 0.0243 e. The van der Waals surface area contributed by atoms with E-state index in [1.165, 1.54) is 27.8 Å². The highest BCUT2D eigenvalue weighted by Crippen LogP contribution is 2.33. The van der Waals surface area contributed by atoms with Crippen molar-refractivity contribution in [3.05, 3.63) is 70.3 Å². The van der Waals surface area contributed by atoms with Crippen LogP contribution in [0.15, 0.2) is 42.5 Å². The minimum Gasteiger partial charge on any atom is -0.315 e. The van der Waals surface area contributed by atoms with Crippen molar-refractivity contribution in [2.75, 3.05) is 13.1 Å². The molecule has 20 heavy (non-hydrogen) atoms. The molecule has 0 radical (unpaired) electrons. The van der Waals surface area contributed by atoms with E-state index in [0.717, 1.165) is 19.5 Å². The zero-order valence-electron chi connectivity index (χ0n) is 12.7. The van der Waals surface area contributed by atoms with Crippen molar-refractivity contribution >= 4 is 0 Å². The van der Waals surface area contributed by atoms with Gasteiger partial charge in [0.15, 0.2) is 0 Å². The van der Waals surface area contributed by atoms with Gasteiger partial charge in [-0.1, -0.05) is 53.6 Å². The van der Waals surface area contributed by atoms with Gasteiger partial charge in [0.05, 0.1) is 0 Å². The summed E-state index contributed by atoms with van der Waals surface area (Å²) in [5.41, 5.74) is 7.36. The second kappa shape index (κ2) is 5.06. The minimum absolute atomic E-state index is 0.284. The average Bonchev–Trinajstić information content (AvgIpc) is 2.39. The van der Waals surface area contributed by atoms with Crippen LogP contribution in [-0.4, -0.2) is 13.1 Å². The minimum atomic E-state index is 0.284. The van der Waals surface area contributed by atoms with Crippen LogP contribution in [0.25, 0.3) is 0 Å². The van der Waals surface area contributed by atoms with Crippen molar-refractivity contribution in [1.29, 1.82) is 0 Å². The summed E-state index contributed by atoms with van der Waals surface area (Å²) in [5, 5.41) is 3.47. The molecular formula is C19H23N. The quantitative estimate of drug-likeness (QED) is 0.892. The van der Waals surface area contributed by atoms with Crippen LogP contribution < -0.4 is 5.32 Å². The molecule has 1 aliphatic heterocycles. The van der Waals surface area contributed by atoms with Crippen LogP contribution >= 0.6 is 0 Å². The predicted octanol–water partition coefficient (Wildman–Crippen LogP) is 3.70. The van der Waals surface area contributed by atoms with Gasteiger partial charge in [-0.05, 0) is 43.9 Å². The van der Waals surface area contributed by atoms with Gasteiger partial charge in [-0.15, -0.1) is 0 Å². The molecule has 1 aliphatic rings. The van der Waals surface area contributed by atoms with Crippen molar-refractivity contribution in [1.82, 2.24) is 5.32 Å². The third kappa shape index (κ3) is 2.38. The monoisotopic (exact) mass is 265 g/mol. The Kier molecular flexibility index (Phi) is 3.39. The maximum Gasteiger partial charge on any atom is 0.0243 e. The SMILES string of the molecule is Cc1ccc(C2(Cc3cc(C)ccc3C)CNC2)cc1. The molecule has 1 heterocycles. The Morgan fingerprint density at radius 2 is 1.55 bits per heavy atom. The van der Waals surface area contributed by atoms with Crippen LogP contribution in [0.2, 0.25) is 0 Å². The summed E-state index contributed by atoms with van der Waals surface area (Å²) in [6, 6.07) is 15.9. The first kappa shape index (κ1) is 13.4. The zero-order chi connectivity index (χ0) is 14.2. The molecule has 1 N–H and O–H groups in total. The highest BCUT2D eigenvalue weighted by molar-refractivity contribution is 5.38. The average molecular weight is 265 g/mol.